The second-order valence-corrected chi connectivity index (χ2v) is 4.28. The molecule has 0 unspecified atom stereocenters. The van der Waals surface area contributed by atoms with E-state index < -0.39 is 0 Å². The lowest BCUT2D eigenvalue weighted by Gasteiger charge is -2.01. The third-order valence-corrected chi connectivity index (χ3v) is 3.67. The molecular formula is C8H6Br2N2. The Morgan fingerprint density at radius 3 is 2.92 bits per heavy atom. The van der Waals surface area contributed by atoms with Crippen LogP contribution in [0.5, 0.6) is 0 Å². The molecule has 1 N–H and O–H groups in total. The van der Waals surface area contributed by atoms with Gasteiger partial charge in [-0.1, -0.05) is 15.9 Å². The molecule has 2 rings (SSSR count). The van der Waals surface area contributed by atoms with E-state index in [1.807, 2.05) is 6.20 Å². The van der Waals surface area contributed by atoms with Crippen molar-refractivity contribution in [3.05, 3.63) is 26.8 Å². The largest absolute Gasteiger partial charge is 0.277 e. The van der Waals surface area contributed by atoms with Gasteiger partial charge < -0.3 is 0 Å². The fourth-order valence-corrected chi connectivity index (χ4v) is 2.36. The number of rotatable bonds is 0. The van der Waals surface area contributed by atoms with Crippen LogP contribution in [0.1, 0.15) is 5.56 Å². The Labute approximate surface area is 86.6 Å². The van der Waals surface area contributed by atoms with E-state index in [9.17, 15) is 0 Å². The smallest absolute Gasteiger partial charge is 0.0795 e. The van der Waals surface area contributed by atoms with Gasteiger partial charge in [-0.05, 0) is 34.5 Å². The fraction of sp³-hybridized carbons (Fsp3) is 0.125. The van der Waals surface area contributed by atoms with Gasteiger partial charge in [0.25, 0.3) is 0 Å². The second-order valence-electron chi connectivity index (χ2n) is 2.63. The van der Waals surface area contributed by atoms with Gasteiger partial charge in [-0.15, -0.1) is 0 Å². The lowest BCUT2D eigenvalue weighted by molar-refractivity contribution is 1.11. The van der Waals surface area contributed by atoms with E-state index in [0.29, 0.717) is 0 Å². The predicted octanol–water partition coefficient (Wildman–Crippen LogP) is 3.40. The summed E-state index contributed by atoms with van der Waals surface area (Å²) in [6.45, 7) is 2.05. The number of aromatic nitrogens is 2. The maximum Gasteiger partial charge on any atom is 0.0795 e. The van der Waals surface area contributed by atoms with Gasteiger partial charge in [-0.2, -0.15) is 5.10 Å². The van der Waals surface area contributed by atoms with E-state index in [1.54, 1.807) is 0 Å². The van der Waals surface area contributed by atoms with Crippen molar-refractivity contribution in [2.45, 2.75) is 6.92 Å². The molecule has 12 heavy (non-hydrogen) atoms. The zero-order valence-corrected chi connectivity index (χ0v) is 9.53. The van der Waals surface area contributed by atoms with Crippen LogP contribution in [0.15, 0.2) is 21.2 Å². The van der Waals surface area contributed by atoms with Crippen molar-refractivity contribution in [3.8, 4) is 0 Å². The molecule has 0 atom stereocenters. The molecule has 0 radical (unpaired) electrons. The molecule has 0 saturated heterocycles. The van der Waals surface area contributed by atoms with Crippen LogP contribution < -0.4 is 0 Å². The van der Waals surface area contributed by atoms with Gasteiger partial charge in [-0.3, -0.25) is 5.10 Å². The van der Waals surface area contributed by atoms with Gasteiger partial charge in [-0.25, -0.2) is 0 Å². The lowest BCUT2D eigenvalue weighted by Crippen LogP contribution is -1.80. The molecule has 0 amide bonds. The van der Waals surface area contributed by atoms with Gasteiger partial charge in [0.1, 0.15) is 0 Å². The lowest BCUT2D eigenvalue weighted by atomic mass is 10.2. The number of hydrogen-bond donors (Lipinski definition) is 1. The number of benzene rings is 1. The van der Waals surface area contributed by atoms with Crippen molar-refractivity contribution in [3.63, 3.8) is 0 Å². The molecule has 2 aromatic rings. The Balaban J connectivity index is 2.94. The predicted molar refractivity (Wildman–Crippen MR) is 56.2 cm³/mol. The number of fused-ring (bicyclic) bond motifs is 1. The van der Waals surface area contributed by atoms with Gasteiger partial charge in [0.05, 0.1) is 11.7 Å². The van der Waals surface area contributed by atoms with Crippen molar-refractivity contribution in [1.29, 1.82) is 0 Å². The molecule has 4 heteroatoms. The summed E-state index contributed by atoms with van der Waals surface area (Å²) in [6, 6.07) is 2.05. The minimum Gasteiger partial charge on any atom is -0.277 e. The molecule has 0 spiro atoms. The Morgan fingerprint density at radius 2 is 2.17 bits per heavy atom. The average molecular weight is 290 g/mol. The maximum absolute atomic E-state index is 3.97. The van der Waals surface area contributed by atoms with E-state index in [2.05, 4.69) is 55.0 Å². The highest BCUT2D eigenvalue weighted by Crippen LogP contribution is 2.31. The minimum atomic E-state index is 1.05. The first-order valence-corrected chi connectivity index (χ1v) is 5.06. The van der Waals surface area contributed by atoms with Crippen molar-refractivity contribution in [2.24, 2.45) is 0 Å². The third kappa shape index (κ3) is 1.10. The molecule has 0 bridgehead atoms. The number of halogens is 2. The molecule has 0 aliphatic heterocycles. The molecule has 0 aliphatic rings. The molecule has 0 saturated carbocycles. The summed E-state index contributed by atoms with van der Waals surface area (Å²) in [4.78, 5) is 0. The standard InChI is InChI=1S/C8H6Br2N2/c1-4-6(9)2-5-3-11-12-8(5)7(4)10/h2-3H,1H3,(H,11,12). The molecule has 0 aliphatic carbocycles. The van der Waals surface area contributed by atoms with E-state index >= 15 is 0 Å². The number of H-pyrrole nitrogens is 1. The second kappa shape index (κ2) is 2.85. The topological polar surface area (TPSA) is 28.7 Å². The van der Waals surface area contributed by atoms with Crippen LogP contribution in [0, 0.1) is 6.92 Å². The fourth-order valence-electron chi connectivity index (χ4n) is 1.12. The maximum atomic E-state index is 3.97. The van der Waals surface area contributed by atoms with E-state index in [0.717, 1.165) is 19.8 Å². The zero-order valence-electron chi connectivity index (χ0n) is 6.36. The zero-order chi connectivity index (χ0) is 8.72. The average Bonchev–Trinajstić information content (AvgIpc) is 2.48. The summed E-state index contributed by atoms with van der Waals surface area (Å²) in [5, 5.41) is 8.02. The Hall–Kier alpha value is -0.350. The Bertz CT molecular complexity index is 434. The molecule has 0 fully saturated rings. The van der Waals surface area contributed by atoms with E-state index in [-0.39, 0.29) is 0 Å². The van der Waals surface area contributed by atoms with Crippen molar-refractivity contribution in [2.75, 3.05) is 0 Å². The first-order valence-electron chi connectivity index (χ1n) is 3.48. The van der Waals surface area contributed by atoms with Crippen LogP contribution in [0.3, 0.4) is 0 Å². The van der Waals surface area contributed by atoms with Gasteiger partial charge in [0.2, 0.25) is 0 Å². The third-order valence-electron chi connectivity index (χ3n) is 1.86. The van der Waals surface area contributed by atoms with Gasteiger partial charge in [0.15, 0.2) is 0 Å². The van der Waals surface area contributed by atoms with Crippen LogP contribution in [-0.4, -0.2) is 10.2 Å². The Kier molecular flexibility index (Phi) is 1.96. The summed E-state index contributed by atoms with van der Waals surface area (Å²) in [7, 11) is 0. The van der Waals surface area contributed by atoms with Crippen LogP contribution in [0.4, 0.5) is 0 Å². The molecule has 1 heterocycles. The van der Waals surface area contributed by atoms with Crippen LogP contribution in [-0.2, 0) is 0 Å². The number of nitrogens with one attached hydrogen (secondary N) is 1. The minimum absolute atomic E-state index is 1.05. The summed E-state index contributed by atoms with van der Waals surface area (Å²) < 4.78 is 2.17. The molecule has 1 aromatic heterocycles. The first kappa shape index (κ1) is 8.26. The van der Waals surface area contributed by atoms with Gasteiger partial charge in [0, 0.05) is 14.3 Å². The first-order chi connectivity index (χ1) is 5.70. The van der Waals surface area contributed by atoms with Crippen LogP contribution in [0.25, 0.3) is 10.9 Å². The number of nitrogens with zero attached hydrogens (tertiary/aromatic N) is 1. The van der Waals surface area contributed by atoms with E-state index in [4.69, 9.17) is 0 Å². The molecule has 2 nitrogen and oxygen atoms in total. The van der Waals surface area contributed by atoms with E-state index in [1.165, 1.54) is 5.56 Å². The normalized spacial score (nSPS) is 10.9. The summed E-state index contributed by atoms with van der Waals surface area (Å²) in [5.41, 5.74) is 2.24. The monoisotopic (exact) mass is 288 g/mol. The highest BCUT2D eigenvalue weighted by Gasteiger charge is 2.06. The summed E-state index contributed by atoms with van der Waals surface area (Å²) >= 11 is 6.99. The van der Waals surface area contributed by atoms with Crippen molar-refractivity contribution in [1.82, 2.24) is 10.2 Å². The van der Waals surface area contributed by atoms with Crippen LogP contribution in [0.2, 0.25) is 0 Å². The van der Waals surface area contributed by atoms with Gasteiger partial charge >= 0.3 is 0 Å². The summed E-state index contributed by atoms with van der Waals surface area (Å²) in [5.74, 6) is 0. The molecule has 1 aromatic carbocycles. The number of hydrogen-bond acceptors (Lipinski definition) is 1. The molecular weight excluding hydrogens is 284 g/mol. The SMILES string of the molecule is Cc1c(Br)cc2cn[nH]c2c1Br. The summed E-state index contributed by atoms with van der Waals surface area (Å²) in [6.07, 6.45) is 1.81. The van der Waals surface area contributed by atoms with Crippen molar-refractivity contribution >= 4 is 42.8 Å². The van der Waals surface area contributed by atoms with Crippen molar-refractivity contribution < 1.29 is 0 Å². The van der Waals surface area contributed by atoms with Crippen LogP contribution >= 0.6 is 31.9 Å². The number of aromatic amines is 1. The quantitative estimate of drug-likeness (QED) is 0.791. The Morgan fingerprint density at radius 1 is 1.42 bits per heavy atom. The highest BCUT2D eigenvalue weighted by molar-refractivity contribution is 9.11. The molecule has 62 valence electrons. The highest BCUT2D eigenvalue weighted by atomic mass is 79.9.